The number of aryl methyl sites for hydroxylation is 1. The van der Waals surface area contributed by atoms with Gasteiger partial charge < -0.3 is 20.5 Å². The van der Waals surface area contributed by atoms with Gasteiger partial charge in [-0.3, -0.25) is 19.4 Å². The summed E-state index contributed by atoms with van der Waals surface area (Å²) in [5.74, 6) is -0.437. The van der Waals surface area contributed by atoms with E-state index in [0.717, 1.165) is 22.2 Å². The monoisotopic (exact) mass is 446 g/mol. The molecule has 9 heteroatoms. The van der Waals surface area contributed by atoms with E-state index in [1.807, 2.05) is 19.1 Å². The number of hydrogen-bond acceptors (Lipinski definition) is 8. The Morgan fingerprint density at radius 1 is 1.15 bits per heavy atom. The number of fused-ring (bicyclic) bond motifs is 1. The Morgan fingerprint density at radius 3 is 2.61 bits per heavy atom. The van der Waals surface area contributed by atoms with Crippen molar-refractivity contribution in [2.45, 2.75) is 26.3 Å². The Hall–Kier alpha value is -4.27. The number of anilines is 3. The maximum atomic E-state index is 12.0. The van der Waals surface area contributed by atoms with Gasteiger partial charge in [-0.25, -0.2) is 4.98 Å². The molecule has 0 aliphatic rings. The first-order chi connectivity index (χ1) is 15.9. The van der Waals surface area contributed by atoms with Crippen LogP contribution in [0.3, 0.4) is 0 Å². The van der Waals surface area contributed by atoms with Crippen molar-refractivity contribution in [1.29, 1.82) is 0 Å². The van der Waals surface area contributed by atoms with Crippen molar-refractivity contribution in [3.8, 4) is 5.75 Å². The number of aromatic nitrogens is 2. The number of carboxylic acid groups (broad SMARTS) is 1. The molecule has 0 fully saturated rings. The van der Waals surface area contributed by atoms with Gasteiger partial charge in [-0.05, 0) is 49.1 Å². The molecule has 33 heavy (non-hydrogen) atoms. The van der Waals surface area contributed by atoms with Crippen LogP contribution < -0.4 is 26.2 Å². The van der Waals surface area contributed by atoms with Crippen molar-refractivity contribution in [3.63, 3.8) is 0 Å². The van der Waals surface area contributed by atoms with Crippen LogP contribution in [-0.4, -0.2) is 27.7 Å². The summed E-state index contributed by atoms with van der Waals surface area (Å²) >= 11 is 0. The summed E-state index contributed by atoms with van der Waals surface area (Å²) in [6.45, 7) is 3.83. The third kappa shape index (κ3) is 4.52. The first-order valence-electron chi connectivity index (χ1n) is 10.4. The zero-order valence-corrected chi connectivity index (χ0v) is 18.1. The normalized spacial score (nSPS) is 11.9. The second kappa shape index (κ2) is 9.07. The van der Waals surface area contributed by atoms with Crippen molar-refractivity contribution >= 4 is 33.9 Å². The summed E-state index contributed by atoms with van der Waals surface area (Å²) in [5.41, 5.74) is 0.843. The Morgan fingerprint density at radius 2 is 1.91 bits per heavy atom. The van der Waals surface area contributed by atoms with E-state index in [1.54, 1.807) is 43.6 Å². The largest absolute Gasteiger partial charge is 0.488 e. The number of carboxylic acids is 1. The van der Waals surface area contributed by atoms with E-state index in [1.165, 1.54) is 0 Å². The number of benzene rings is 1. The minimum Gasteiger partial charge on any atom is -0.488 e. The summed E-state index contributed by atoms with van der Waals surface area (Å²) in [6, 6.07) is 10.3. The Bertz CT molecular complexity index is 1390. The average Bonchev–Trinajstić information content (AvgIpc) is 2.80. The van der Waals surface area contributed by atoms with Gasteiger partial charge in [0.05, 0.1) is 19.1 Å². The molecular formula is C24H22N4O5. The molecule has 0 radical (unpaired) electrons. The molecule has 168 valence electrons. The zero-order chi connectivity index (χ0) is 23.5. The molecule has 0 spiro atoms. The molecular weight excluding hydrogens is 424 g/mol. The van der Waals surface area contributed by atoms with Gasteiger partial charge >= 0.3 is 5.97 Å². The molecule has 2 aromatic carbocycles. The van der Waals surface area contributed by atoms with Gasteiger partial charge in [0.25, 0.3) is 10.9 Å². The zero-order valence-electron chi connectivity index (χ0n) is 18.1. The SMILES string of the molecule is CCOc1c(N[C@@H](CC(=O)O)c2ccc(Nc3nc(C)cc4ccncc34)cc2)c(=O)c1=O. The Labute approximate surface area is 188 Å². The predicted octanol–water partition coefficient (Wildman–Crippen LogP) is 3.30. The van der Waals surface area contributed by atoms with E-state index in [9.17, 15) is 19.5 Å². The highest BCUT2D eigenvalue weighted by atomic mass is 16.5. The molecule has 1 atom stereocenters. The van der Waals surface area contributed by atoms with E-state index in [2.05, 4.69) is 20.6 Å². The molecule has 3 N–H and O–H groups in total. The Balaban J connectivity index is 1.59. The first kappa shape index (κ1) is 21.9. The molecule has 4 rings (SSSR count). The molecule has 0 bridgehead atoms. The van der Waals surface area contributed by atoms with Crippen molar-refractivity contribution in [1.82, 2.24) is 9.97 Å². The summed E-state index contributed by atoms with van der Waals surface area (Å²) in [7, 11) is 0. The highest BCUT2D eigenvalue weighted by molar-refractivity contribution is 5.92. The van der Waals surface area contributed by atoms with E-state index in [0.29, 0.717) is 11.4 Å². The number of nitrogens with zero attached hydrogens (tertiary/aromatic N) is 2. The van der Waals surface area contributed by atoms with Gasteiger partial charge in [0.1, 0.15) is 11.5 Å². The second-order valence-corrected chi connectivity index (χ2v) is 7.55. The van der Waals surface area contributed by atoms with Crippen molar-refractivity contribution < 1.29 is 14.6 Å². The van der Waals surface area contributed by atoms with Crippen LogP contribution in [0.4, 0.5) is 17.2 Å². The molecule has 0 unspecified atom stereocenters. The topological polar surface area (TPSA) is 131 Å². The van der Waals surface area contributed by atoms with Crippen molar-refractivity contribution in [3.05, 3.63) is 80.5 Å². The molecule has 2 heterocycles. The van der Waals surface area contributed by atoms with Crippen molar-refractivity contribution in [2.24, 2.45) is 0 Å². The van der Waals surface area contributed by atoms with Crippen molar-refractivity contribution in [2.75, 3.05) is 17.2 Å². The van der Waals surface area contributed by atoms with Crippen LogP contribution >= 0.6 is 0 Å². The van der Waals surface area contributed by atoms with Crippen LogP contribution in [0.25, 0.3) is 10.8 Å². The number of rotatable bonds is 9. The molecule has 2 aromatic heterocycles. The maximum Gasteiger partial charge on any atom is 0.305 e. The van der Waals surface area contributed by atoms with Gasteiger partial charge in [0.15, 0.2) is 5.75 Å². The van der Waals surface area contributed by atoms with Gasteiger partial charge in [-0.1, -0.05) is 12.1 Å². The van der Waals surface area contributed by atoms with Gasteiger partial charge in [-0.15, -0.1) is 0 Å². The number of aliphatic carboxylic acids is 1. The number of pyridine rings is 2. The van der Waals surface area contributed by atoms with Crippen LogP contribution in [0, 0.1) is 6.92 Å². The van der Waals surface area contributed by atoms with E-state index >= 15 is 0 Å². The summed E-state index contributed by atoms with van der Waals surface area (Å²) in [5, 5.41) is 17.4. The predicted molar refractivity (Wildman–Crippen MR) is 125 cm³/mol. The maximum absolute atomic E-state index is 12.0. The lowest BCUT2D eigenvalue weighted by molar-refractivity contribution is -0.137. The number of carbonyl (C=O) groups is 1. The fourth-order valence-corrected chi connectivity index (χ4v) is 3.64. The van der Waals surface area contributed by atoms with Crippen LogP contribution in [-0.2, 0) is 4.79 Å². The summed E-state index contributed by atoms with van der Waals surface area (Å²) < 4.78 is 5.22. The number of nitrogens with one attached hydrogen (secondary N) is 2. The fraction of sp³-hybridized carbons (Fsp3) is 0.208. The lowest BCUT2D eigenvalue weighted by Gasteiger charge is -2.21. The summed E-state index contributed by atoms with van der Waals surface area (Å²) in [6.07, 6.45) is 3.18. The number of hydrogen-bond donors (Lipinski definition) is 3. The molecule has 0 aliphatic heterocycles. The average molecular weight is 446 g/mol. The minimum atomic E-state index is -1.05. The third-order valence-corrected chi connectivity index (χ3v) is 5.19. The minimum absolute atomic E-state index is 0.0123. The van der Waals surface area contributed by atoms with Crippen LogP contribution in [0.2, 0.25) is 0 Å². The summed E-state index contributed by atoms with van der Waals surface area (Å²) in [4.78, 5) is 43.9. The molecule has 0 saturated heterocycles. The van der Waals surface area contributed by atoms with Gasteiger partial charge in [0.2, 0.25) is 0 Å². The molecule has 0 aliphatic carbocycles. The van der Waals surface area contributed by atoms with Crippen LogP contribution in [0.1, 0.15) is 30.6 Å². The standard InChI is InChI=1S/C24H22N4O5/c1-3-33-23-20(21(31)22(23)32)28-18(11-19(29)30)14-4-6-16(7-5-14)27-24-17-12-25-9-8-15(17)10-13(2)26-24/h4-10,12,18,28H,3,11H2,1-2H3,(H,26,27)(H,29,30)/t18-/m0/s1. The van der Waals surface area contributed by atoms with Crippen LogP contribution in [0.5, 0.6) is 5.75 Å². The fourth-order valence-electron chi connectivity index (χ4n) is 3.64. The first-order valence-corrected chi connectivity index (χ1v) is 10.4. The smallest absolute Gasteiger partial charge is 0.305 e. The third-order valence-electron chi connectivity index (χ3n) is 5.19. The van der Waals surface area contributed by atoms with Gasteiger partial charge in [0, 0.05) is 29.2 Å². The second-order valence-electron chi connectivity index (χ2n) is 7.55. The van der Waals surface area contributed by atoms with Crippen LogP contribution in [0.15, 0.2) is 58.4 Å². The molecule has 4 aromatic rings. The Kier molecular flexibility index (Phi) is 6.03. The number of ether oxygens (including phenoxy) is 1. The molecule has 0 saturated carbocycles. The van der Waals surface area contributed by atoms with Gasteiger partial charge in [-0.2, -0.15) is 0 Å². The lowest BCUT2D eigenvalue weighted by atomic mass is 10.0. The highest BCUT2D eigenvalue weighted by Gasteiger charge is 2.26. The highest BCUT2D eigenvalue weighted by Crippen LogP contribution is 2.29. The lowest BCUT2D eigenvalue weighted by Crippen LogP contribution is -2.37. The molecule has 9 nitrogen and oxygen atoms in total. The van der Waals surface area contributed by atoms with E-state index in [4.69, 9.17) is 4.74 Å². The van der Waals surface area contributed by atoms with E-state index in [-0.39, 0.29) is 24.5 Å². The van der Waals surface area contributed by atoms with E-state index < -0.39 is 22.9 Å². The quantitative estimate of drug-likeness (QED) is 0.331. The molecule has 0 amide bonds.